The van der Waals surface area contributed by atoms with E-state index < -0.39 is 23.0 Å². The molecule has 2 N–H and O–H groups in total. The number of benzene rings is 1. The summed E-state index contributed by atoms with van der Waals surface area (Å²) >= 11 is 0. The topological polar surface area (TPSA) is 82.3 Å². The number of aromatic nitrogens is 1. The van der Waals surface area contributed by atoms with E-state index in [1.54, 1.807) is 0 Å². The van der Waals surface area contributed by atoms with Gasteiger partial charge in [0.25, 0.3) is 5.91 Å². The number of H-pyrrole nitrogens is 1. The molecule has 1 aromatic carbocycles. The Balaban J connectivity index is 1.86. The molecule has 3 rings (SSSR count). The Bertz CT molecular complexity index is 890. The predicted octanol–water partition coefficient (Wildman–Crippen LogP) is 1.16. The predicted molar refractivity (Wildman–Crippen MR) is 82.6 cm³/mol. The van der Waals surface area contributed by atoms with Crippen LogP contribution in [-0.2, 0) is 4.79 Å². The van der Waals surface area contributed by atoms with E-state index in [9.17, 15) is 23.2 Å². The zero-order valence-electron chi connectivity index (χ0n) is 12.9. The first-order chi connectivity index (χ1) is 11.4. The number of hydrogen-bond acceptors (Lipinski definition) is 3. The van der Waals surface area contributed by atoms with E-state index in [0.717, 1.165) is 36.1 Å². The lowest BCUT2D eigenvalue weighted by atomic mass is 10.1. The molecule has 8 heteroatoms. The molecule has 2 amide bonds. The van der Waals surface area contributed by atoms with Gasteiger partial charge >= 0.3 is 0 Å². The highest BCUT2D eigenvalue weighted by Gasteiger charge is 2.25. The normalized spacial score (nSPS) is 13.8. The Hall–Kier alpha value is -2.77. The van der Waals surface area contributed by atoms with Gasteiger partial charge in [0.1, 0.15) is 5.56 Å². The highest BCUT2D eigenvalue weighted by Crippen LogP contribution is 2.18. The molecule has 0 saturated heterocycles. The molecule has 0 radical (unpaired) electrons. The molecular formula is C16H15F2N3O3. The minimum Gasteiger partial charge on any atom is -0.358 e. The number of rotatable bonds is 4. The third-order valence-corrected chi connectivity index (χ3v) is 3.85. The van der Waals surface area contributed by atoms with Crippen molar-refractivity contribution in [1.29, 1.82) is 0 Å². The van der Waals surface area contributed by atoms with Gasteiger partial charge in [0.2, 0.25) is 11.3 Å². The van der Waals surface area contributed by atoms with E-state index in [-0.39, 0.29) is 35.0 Å². The number of hydrogen-bond donors (Lipinski definition) is 2. The number of halogens is 2. The molecule has 1 fully saturated rings. The van der Waals surface area contributed by atoms with Crippen molar-refractivity contribution in [2.75, 3.05) is 13.6 Å². The summed E-state index contributed by atoms with van der Waals surface area (Å²) in [5, 5.41) is 2.61. The van der Waals surface area contributed by atoms with Crippen molar-refractivity contribution in [1.82, 2.24) is 15.2 Å². The van der Waals surface area contributed by atoms with E-state index in [1.165, 1.54) is 7.05 Å². The Morgan fingerprint density at radius 1 is 1.33 bits per heavy atom. The highest BCUT2D eigenvalue weighted by atomic mass is 19.2. The molecule has 0 atom stereocenters. The number of nitrogens with one attached hydrogen (secondary N) is 2. The van der Waals surface area contributed by atoms with E-state index in [1.807, 2.05) is 0 Å². The van der Waals surface area contributed by atoms with Crippen molar-refractivity contribution in [3.05, 3.63) is 45.8 Å². The summed E-state index contributed by atoms with van der Waals surface area (Å²) in [6.07, 6.45) is 2.89. The van der Waals surface area contributed by atoms with Crippen LogP contribution in [0.2, 0.25) is 0 Å². The molecule has 2 aromatic rings. The molecule has 1 heterocycles. The number of carbonyl (C=O) groups excluding carboxylic acids is 2. The van der Waals surface area contributed by atoms with Crippen molar-refractivity contribution in [2.45, 2.75) is 18.9 Å². The number of carbonyl (C=O) groups is 2. The lowest BCUT2D eigenvalue weighted by molar-refractivity contribution is -0.121. The number of pyridine rings is 1. The Morgan fingerprint density at radius 2 is 2.04 bits per heavy atom. The summed E-state index contributed by atoms with van der Waals surface area (Å²) in [4.78, 5) is 40.0. The first-order valence-electron chi connectivity index (χ1n) is 7.42. The number of likely N-dealkylation sites (N-methyl/N-ethyl adjacent to an activating group) is 1. The van der Waals surface area contributed by atoms with Gasteiger partial charge in [-0.1, -0.05) is 0 Å². The van der Waals surface area contributed by atoms with Crippen LogP contribution in [0.25, 0.3) is 10.9 Å². The molecular weight excluding hydrogens is 320 g/mol. The molecule has 0 spiro atoms. The maximum absolute atomic E-state index is 13.7. The van der Waals surface area contributed by atoms with Crippen molar-refractivity contribution in [3.8, 4) is 0 Å². The van der Waals surface area contributed by atoms with Gasteiger partial charge in [0.15, 0.2) is 11.6 Å². The number of amides is 2. The van der Waals surface area contributed by atoms with Gasteiger partial charge in [-0.25, -0.2) is 8.78 Å². The van der Waals surface area contributed by atoms with Crippen LogP contribution in [0.15, 0.2) is 23.1 Å². The largest absolute Gasteiger partial charge is 0.358 e. The van der Waals surface area contributed by atoms with Crippen molar-refractivity contribution in [3.63, 3.8) is 0 Å². The van der Waals surface area contributed by atoms with E-state index in [0.29, 0.717) is 0 Å². The fourth-order valence-electron chi connectivity index (χ4n) is 2.39. The zero-order valence-corrected chi connectivity index (χ0v) is 12.9. The lowest BCUT2D eigenvalue weighted by Crippen LogP contribution is -2.40. The van der Waals surface area contributed by atoms with Crippen LogP contribution in [0, 0.1) is 11.6 Å². The second kappa shape index (κ2) is 6.03. The molecule has 1 saturated carbocycles. The second-order valence-corrected chi connectivity index (χ2v) is 5.82. The van der Waals surface area contributed by atoms with Gasteiger partial charge in [-0.2, -0.15) is 0 Å². The summed E-state index contributed by atoms with van der Waals surface area (Å²) in [7, 11) is 1.39. The maximum Gasteiger partial charge on any atom is 0.259 e. The summed E-state index contributed by atoms with van der Waals surface area (Å²) in [6, 6.07) is 2.11. The molecule has 1 aliphatic carbocycles. The van der Waals surface area contributed by atoms with Gasteiger partial charge < -0.3 is 15.2 Å². The number of nitrogens with zero attached hydrogens (tertiary/aromatic N) is 1. The molecule has 1 aliphatic rings. The Morgan fingerprint density at radius 3 is 2.71 bits per heavy atom. The van der Waals surface area contributed by atoms with Crippen LogP contribution in [0.5, 0.6) is 0 Å². The quantitative estimate of drug-likeness (QED) is 0.879. The molecule has 126 valence electrons. The highest BCUT2D eigenvalue weighted by molar-refractivity contribution is 5.98. The third kappa shape index (κ3) is 2.99. The summed E-state index contributed by atoms with van der Waals surface area (Å²) in [5.74, 6) is -3.25. The standard InChI is InChI=1S/C16H15F2N3O3/c1-21(7-12(22)20-8-2-3-8)16(24)10-6-19-14-9(15(10)23)4-5-11(17)13(14)18/h4-6,8H,2-3,7H2,1H3,(H,19,23)(H,20,22). The van der Waals surface area contributed by atoms with E-state index in [4.69, 9.17) is 0 Å². The van der Waals surface area contributed by atoms with Crippen LogP contribution >= 0.6 is 0 Å². The average molecular weight is 335 g/mol. The molecule has 0 aliphatic heterocycles. The monoisotopic (exact) mass is 335 g/mol. The van der Waals surface area contributed by atoms with Gasteiger partial charge in [-0.3, -0.25) is 14.4 Å². The van der Waals surface area contributed by atoms with Crippen LogP contribution in [0.3, 0.4) is 0 Å². The van der Waals surface area contributed by atoms with Crippen molar-refractivity contribution >= 4 is 22.7 Å². The summed E-state index contributed by atoms with van der Waals surface area (Å²) in [5.41, 5.74) is -1.26. The lowest BCUT2D eigenvalue weighted by Gasteiger charge is -2.16. The maximum atomic E-state index is 13.7. The fourth-order valence-corrected chi connectivity index (χ4v) is 2.39. The SMILES string of the molecule is CN(CC(=O)NC1CC1)C(=O)c1c[nH]c2c(F)c(F)ccc2c1=O. The van der Waals surface area contributed by atoms with Crippen LogP contribution in [-0.4, -0.2) is 41.3 Å². The molecule has 0 unspecified atom stereocenters. The number of fused-ring (bicyclic) bond motifs is 1. The van der Waals surface area contributed by atoms with Gasteiger partial charge in [-0.05, 0) is 25.0 Å². The summed E-state index contributed by atoms with van der Waals surface area (Å²) in [6.45, 7) is -0.190. The minimum atomic E-state index is -1.18. The minimum absolute atomic E-state index is 0.129. The van der Waals surface area contributed by atoms with Gasteiger partial charge in [-0.15, -0.1) is 0 Å². The zero-order chi connectivity index (χ0) is 17.4. The average Bonchev–Trinajstić information content (AvgIpc) is 3.34. The van der Waals surface area contributed by atoms with Crippen molar-refractivity contribution < 1.29 is 18.4 Å². The first kappa shape index (κ1) is 16.1. The molecule has 24 heavy (non-hydrogen) atoms. The third-order valence-electron chi connectivity index (χ3n) is 3.85. The van der Waals surface area contributed by atoms with Crippen LogP contribution in [0.4, 0.5) is 8.78 Å². The Labute approximate surface area is 135 Å². The second-order valence-electron chi connectivity index (χ2n) is 5.82. The fraction of sp³-hybridized carbons (Fsp3) is 0.312. The summed E-state index contributed by atoms with van der Waals surface area (Å²) < 4.78 is 26.9. The Kier molecular flexibility index (Phi) is 4.04. The van der Waals surface area contributed by atoms with Crippen molar-refractivity contribution in [2.24, 2.45) is 0 Å². The van der Waals surface area contributed by atoms with Gasteiger partial charge in [0.05, 0.1) is 12.1 Å². The van der Waals surface area contributed by atoms with Crippen LogP contribution in [0.1, 0.15) is 23.2 Å². The molecule has 0 bridgehead atoms. The molecule has 6 nitrogen and oxygen atoms in total. The first-order valence-corrected chi connectivity index (χ1v) is 7.42. The van der Waals surface area contributed by atoms with E-state index >= 15 is 0 Å². The molecule has 1 aromatic heterocycles. The smallest absolute Gasteiger partial charge is 0.259 e. The van der Waals surface area contributed by atoms with Crippen LogP contribution < -0.4 is 10.7 Å². The number of aromatic amines is 1. The van der Waals surface area contributed by atoms with E-state index in [2.05, 4.69) is 10.3 Å². The van der Waals surface area contributed by atoms with Gasteiger partial charge in [0, 0.05) is 24.7 Å².